The highest BCUT2D eigenvalue weighted by molar-refractivity contribution is 5.83. The van der Waals surface area contributed by atoms with Gasteiger partial charge in [0.1, 0.15) is 12.1 Å². The van der Waals surface area contributed by atoms with Gasteiger partial charge < -0.3 is 20.9 Å². The van der Waals surface area contributed by atoms with E-state index in [1.54, 1.807) is 0 Å². The number of carboxylic acids is 1. The topological polar surface area (TPSA) is 119 Å². The van der Waals surface area contributed by atoms with Gasteiger partial charge in [0.25, 0.3) is 0 Å². The van der Waals surface area contributed by atoms with Gasteiger partial charge in [0.2, 0.25) is 5.91 Å². The van der Waals surface area contributed by atoms with Gasteiger partial charge in [0.15, 0.2) is 0 Å². The van der Waals surface area contributed by atoms with Crippen molar-refractivity contribution in [3.05, 3.63) is 36.5 Å². The summed E-state index contributed by atoms with van der Waals surface area (Å²) in [5.41, 5.74) is 5.46. The molecule has 0 aliphatic carbocycles. The minimum Gasteiger partial charge on any atom is -0.480 e. The van der Waals surface area contributed by atoms with Crippen LogP contribution in [-0.4, -0.2) is 41.6 Å². The molecule has 2 unspecified atom stereocenters. The normalized spacial score (nSPS) is 13.0. The van der Waals surface area contributed by atoms with Crippen LogP contribution < -0.4 is 11.1 Å². The number of nitrogens with one attached hydrogen (secondary N) is 1. The Kier molecular flexibility index (Phi) is 36.0. The zero-order valence-corrected chi connectivity index (χ0v) is 32.5. The van der Waals surface area contributed by atoms with Crippen LogP contribution in [0.1, 0.15) is 200 Å². The first-order valence-electron chi connectivity index (χ1n) is 20.8. The highest BCUT2D eigenvalue weighted by Gasteiger charge is 2.19. The number of rotatable bonds is 37. The van der Waals surface area contributed by atoms with Crippen LogP contribution in [0.4, 0.5) is 0 Å². The largest absolute Gasteiger partial charge is 0.480 e. The summed E-state index contributed by atoms with van der Waals surface area (Å²) in [6.45, 7) is 4.84. The maximum absolute atomic E-state index is 12.6. The lowest BCUT2D eigenvalue weighted by molar-refractivity contribution is -0.150. The third-order valence-electron chi connectivity index (χ3n) is 9.21. The van der Waals surface area contributed by atoms with E-state index in [2.05, 4.69) is 55.6 Å². The van der Waals surface area contributed by atoms with E-state index in [9.17, 15) is 19.5 Å². The van der Waals surface area contributed by atoms with E-state index in [1.807, 2.05) is 0 Å². The Hall–Kier alpha value is -2.41. The molecule has 0 saturated carbocycles. The summed E-state index contributed by atoms with van der Waals surface area (Å²) in [6.07, 6.45) is 43.7. The molecule has 0 spiro atoms. The van der Waals surface area contributed by atoms with Crippen LogP contribution in [0.2, 0.25) is 0 Å². The highest BCUT2D eigenvalue weighted by Crippen LogP contribution is 2.17. The standard InChI is InChI=1S/C43H78N2O5/c1-3-5-7-8-9-10-11-12-13-14-15-16-17-18-19-20-21-22-23-24-25-26-31-37-42(47)50-39(33-28-6-4-2)34-29-27-30-36-41(46)45-40(43(48)49)35-32-38-44/h11-12,14-15,17-18,39-40H,3-10,13,16,19-38,44H2,1-2H3,(H,45,46)(H,48,49)/b12-11-,15-14-,18-17-. The van der Waals surface area contributed by atoms with Crippen LogP contribution in [0.25, 0.3) is 0 Å². The zero-order valence-electron chi connectivity index (χ0n) is 32.5. The number of amides is 1. The fourth-order valence-electron chi connectivity index (χ4n) is 6.04. The van der Waals surface area contributed by atoms with Gasteiger partial charge in [0.05, 0.1) is 0 Å². The number of nitrogens with two attached hydrogens (primary N) is 1. The van der Waals surface area contributed by atoms with Crippen LogP contribution in [-0.2, 0) is 19.1 Å². The molecular formula is C43H78N2O5. The number of esters is 1. The average Bonchev–Trinajstić information content (AvgIpc) is 3.10. The van der Waals surface area contributed by atoms with Crippen molar-refractivity contribution in [2.24, 2.45) is 5.73 Å². The van der Waals surface area contributed by atoms with E-state index in [0.29, 0.717) is 38.6 Å². The molecule has 4 N–H and O–H groups in total. The summed E-state index contributed by atoms with van der Waals surface area (Å²) in [5.74, 6) is -1.33. The Labute approximate surface area is 307 Å². The molecule has 1 amide bonds. The van der Waals surface area contributed by atoms with E-state index in [1.165, 1.54) is 83.5 Å². The molecule has 290 valence electrons. The molecule has 50 heavy (non-hydrogen) atoms. The number of carbonyl (C=O) groups is 3. The molecule has 7 heteroatoms. The number of aliphatic carboxylic acids is 1. The van der Waals surface area contributed by atoms with Crippen molar-refractivity contribution in [1.29, 1.82) is 0 Å². The summed E-state index contributed by atoms with van der Waals surface area (Å²) < 4.78 is 5.89. The third-order valence-corrected chi connectivity index (χ3v) is 9.21. The fourth-order valence-corrected chi connectivity index (χ4v) is 6.04. The maximum Gasteiger partial charge on any atom is 0.326 e. The molecule has 0 rings (SSSR count). The van der Waals surface area contributed by atoms with Crippen LogP contribution in [0.3, 0.4) is 0 Å². The lowest BCUT2D eigenvalue weighted by atomic mass is 10.0. The first-order chi connectivity index (χ1) is 24.4. The highest BCUT2D eigenvalue weighted by atomic mass is 16.5. The molecule has 0 heterocycles. The SMILES string of the molecule is CCCCCCC/C=C\C/C=C\C/C=C\CCCCCCCCCCC(=O)OC(CCCCC)CCCCCC(=O)NC(CCCN)C(=O)O. The molecule has 0 aliphatic heterocycles. The van der Waals surface area contributed by atoms with Crippen molar-refractivity contribution in [2.45, 2.75) is 212 Å². The summed E-state index contributed by atoms with van der Waals surface area (Å²) >= 11 is 0. The lowest BCUT2D eigenvalue weighted by Gasteiger charge is -2.18. The van der Waals surface area contributed by atoms with Gasteiger partial charge in [-0.3, -0.25) is 9.59 Å². The Bertz CT molecular complexity index is 885. The first kappa shape index (κ1) is 47.6. The van der Waals surface area contributed by atoms with Crippen LogP contribution in [0.15, 0.2) is 36.5 Å². The van der Waals surface area contributed by atoms with Gasteiger partial charge in [-0.05, 0) is 96.4 Å². The van der Waals surface area contributed by atoms with Gasteiger partial charge in [-0.2, -0.15) is 0 Å². The second kappa shape index (κ2) is 37.8. The van der Waals surface area contributed by atoms with E-state index in [4.69, 9.17) is 10.5 Å². The quantitative estimate of drug-likeness (QED) is 0.0337. The number of hydrogen-bond acceptors (Lipinski definition) is 5. The van der Waals surface area contributed by atoms with Crippen molar-refractivity contribution >= 4 is 17.8 Å². The minimum atomic E-state index is -1.02. The lowest BCUT2D eigenvalue weighted by Crippen LogP contribution is -2.40. The number of allylic oxidation sites excluding steroid dienone is 6. The van der Waals surface area contributed by atoms with Crippen molar-refractivity contribution in [1.82, 2.24) is 5.32 Å². The number of hydrogen-bond donors (Lipinski definition) is 3. The van der Waals surface area contributed by atoms with Gasteiger partial charge >= 0.3 is 11.9 Å². The summed E-state index contributed by atoms with van der Waals surface area (Å²) in [5, 5.41) is 11.9. The molecule has 0 aromatic rings. The van der Waals surface area contributed by atoms with E-state index in [-0.39, 0.29) is 18.0 Å². The summed E-state index contributed by atoms with van der Waals surface area (Å²) in [4.78, 5) is 36.1. The van der Waals surface area contributed by atoms with Crippen molar-refractivity contribution in [3.63, 3.8) is 0 Å². The fraction of sp³-hybridized carbons (Fsp3) is 0.791. The van der Waals surface area contributed by atoms with Crippen molar-refractivity contribution < 1.29 is 24.2 Å². The Morgan fingerprint density at radius 2 is 1.04 bits per heavy atom. The van der Waals surface area contributed by atoms with Gasteiger partial charge in [-0.25, -0.2) is 4.79 Å². The van der Waals surface area contributed by atoms with E-state index in [0.717, 1.165) is 70.6 Å². The summed E-state index contributed by atoms with van der Waals surface area (Å²) in [7, 11) is 0. The molecule has 0 radical (unpaired) electrons. The summed E-state index contributed by atoms with van der Waals surface area (Å²) in [6, 6.07) is -0.873. The smallest absolute Gasteiger partial charge is 0.326 e. The Morgan fingerprint density at radius 1 is 0.580 bits per heavy atom. The van der Waals surface area contributed by atoms with E-state index < -0.39 is 12.0 Å². The Balaban J connectivity index is 3.88. The van der Waals surface area contributed by atoms with Gasteiger partial charge in [-0.15, -0.1) is 0 Å². The second-order valence-electron chi connectivity index (χ2n) is 14.1. The molecule has 2 atom stereocenters. The molecule has 0 aromatic carbocycles. The predicted octanol–water partition coefficient (Wildman–Crippen LogP) is 11.4. The second-order valence-corrected chi connectivity index (χ2v) is 14.1. The number of carbonyl (C=O) groups excluding carboxylic acids is 2. The predicted molar refractivity (Wildman–Crippen MR) is 211 cm³/mol. The monoisotopic (exact) mass is 703 g/mol. The maximum atomic E-state index is 12.6. The first-order valence-corrected chi connectivity index (χ1v) is 20.8. The van der Waals surface area contributed by atoms with Crippen LogP contribution in [0.5, 0.6) is 0 Å². The molecule has 0 aromatic heterocycles. The third kappa shape index (κ3) is 34.1. The van der Waals surface area contributed by atoms with Crippen LogP contribution in [0, 0.1) is 0 Å². The number of ether oxygens (including phenoxy) is 1. The number of unbranched alkanes of at least 4 members (excludes halogenated alkanes) is 17. The van der Waals surface area contributed by atoms with Gasteiger partial charge in [-0.1, -0.05) is 134 Å². The zero-order chi connectivity index (χ0) is 36.8. The minimum absolute atomic E-state index is 0.0520. The van der Waals surface area contributed by atoms with Gasteiger partial charge in [0, 0.05) is 12.8 Å². The molecular weight excluding hydrogens is 624 g/mol. The van der Waals surface area contributed by atoms with Crippen molar-refractivity contribution in [3.8, 4) is 0 Å². The average molecular weight is 703 g/mol. The van der Waals surface area contributed by atoms with Crippen molar-refractivity contribution in [2.75, 3.05) is 6.54 Å². The molecule has 0 saturated heterocycles. The molecule has 0 bridgehead atoms. The number of carboxylic acid groups (broad SMARTS) is 1. The molecule has 0 aliphatic rings. The van der Waals surface area contributed by atoms with Crippen LogP contribution >= 0.6 is 0 Å². The Morgan fingerprint density at radius 3 is 1.60 bits per heavy atom. The van der Waals surface area contributed by atoms with E-state index >= 15 is 0 Å². The molecule has 7 nitrogen and oxygen atoms in total. The molecule has 0 fully saturated rings.